The van der Waals surface area contributed by atoms with Crippen LogP contribution in [-0.2, 0) is 10.0 Å². The highest BCUT2D eigenvalue weighted by atomic mass is 79.9. The number of nitrogens with one attached hydrogen (secondary N) is 1. The molecule has 0 amide bonds. The topological polar surface area (TPSA) is 49.4 Å². The highest BCUT2D eigenvalue weighted by Crippen LogP contribution is 2.31. The van der Waals surface area contributed by atoms with Crippen molar-refractivity contribution in [2.24, 2.45) is 0 Å². The summed E-state index contributed by atoms with van der Waals surface area (Å²) in [5.41, 5.74) is 0. The average Bonchev–Trinajstić information content (AvgIpc) is 2.78. The summed E-state index contributed by atoms with van der Waals surface area (Å²) in [6, 6.07) is 4.87. The van der Waals surface area contributed by atoms with E-state index >= 15 is 0 Å². The summed E-state index contributed by atoms with van der Waals surface area (Å²) < 4.78 is 27.6. The number of halogens is 3. The second kappa shape index (κ2) is 7.42. The molecule has 0 radical (unpaired) electrons. The quantitative estimate of drug-likeness (QED) is 0.840. The van der Waals surface area contributed by atoms with E-state index in [1.54, 1.807) is 22.5 Å². The number of hydrogen-bond acceptors (Lipinski definition) is 3. The minimum Gasteiger partial charge on any atom is -0.318 e. The Balaban J connectivity index is 0.00000200. The molecule has 0 bridgehead atoms. The van der Waals surface area contributed by atoms with Gasteiger partial charge >= 0.3 is 0 Å². The van der Waals surface area contributed by atoms with E-state index in [0.717, 1.165) is 17.3 Å². The highest BCUT2D eigenvalue weighted by molar-refractivity contribution is 9.10. The van der Waals surface area contributed by atoms with Crippen LogP contribution >= 0.6 is 39.9 Å². The molecule has 1 aromatic carbocycles. The fourth-order valence-electron chi connectivity index (χ4n) is 2.38. The van der Waals surface area contributed by atoms with Crippen molar-refractivity contribution in [1.82, 2.24) is 9.62 Å². The fourth-order valence-corrected chi connectivity index (χ4v) is 5.08. The van der Waals surface area contributed by atoms with Crippen LogP contribution < -0.4 is 5.32 Å². The van der Waals surface area contributed by atoms with Crippen LogP contribution in [-0.4, -0.2) is 38.9 Å². The molecule has 0 spiro atoms. The summed E-state index contributed by atoms with van der Waals surface area (Å²) in [7, 11) is -1.69. The smallest absolute Gasteiger partial charge is 0.244 e. The summed E-state index contributed by atoms with van der Waals surface area (Å²) >= 11 is 9.35. The van der Waals surface area contributed by atoms with Crippen molar-refractivity contribution in [2.45, 2.75) is 23.8 Å². The number of rotatable bonds is 4. The molecule has 0 saturated carbocycles. The molecule has 20 heavy (non-hydrogen) atoms. The summed E-state index contributed by atoms with van der Waals surface area (Å²) in [5.74, 6) is 0. The standard InChI is InChI=1S/C12H16BrClN2O2S.ClH/c1-15-8-10-3-2-6-16(10)19(17,18)12-5-4-9(13)7-11(12)14;/h4-5,7,10,15H,2-3,6,8H2,1H3;1H. The van der Waals surface area contributed by atoms with Gasteiger partial charge in [0, 0.05) is 23.6 Å². The van der Waals surface area contributed by atoms with E-state index in [1.165, 1.54) is 0 Å². The van der Waals surface area contributed by atoms with Crippen LogP contribution in [0.25, 0.3) is 0 Å². The van der Waals surface area contributed by atoms with Gasteiger partial charge in [0.05, 0.1) is 5.02 Å². The minimum absolute atomic E-state index is 0. The maximum absolute atomic E-state index is 12.7. The van der Waals surface area contributed by atoms with E-state index in [4.69, 9.17) is 11.6 Å². The summed E-state index contributed by atoms with van der Waals surface area (Å²) in [4.78, 5) is 0.181. The van der Waals surface area contributed by atoms with Gasteiger partial charge in [-0.15, -0.1) is 12.4 Å². The van der Waals surface area contributed by atoms with Gasteiger partial charge in [-0.25, -0.2) is 8.42 Å². The van der Waals surface area contributed by atoms with Crippen molar-refractivity contribution < 1.29 is 8.42 Å². The van der Waals surface area contributed by atoms with Gasteiger partial charge in [0.1, 0.15) is 4.90 Å². The largest absolute Gasteiger partial charge is 0.318 e. The first-order valence-electron chi connectivity index (χ1n) is 6.08. The molecule has 1 aliphatic heterocycles. The molecule has 1 unspecified atom stereocenters. The zero-order chi connectivity index (χ0) is 14.0. The molecule has 4 nitrogen and oxygen atoms in total. The maximum Gasteiger partial charge on any atom is 0.244 e. The Morgan fingerprint density at radius 1 is 1.50 bits per heavy atom. The molecule has 2 rings (SSSR count). The number of likely N-dealkylation sites (N-methyl/N-ethyl adjacent to an activating group) is 1. The van der Waals surface area contributed by atoms with E-state index in [2.05, 4.69) is 21.2 Å². The van der Waals surface area contributed by atoms with Crippen molar-refractivity contribution in [3.63, 3.8) is 0 Å². The lowest BCUT2D eigenvalue weighted by atomic mass is 10.2. The van der Waals surface area contributed by atoms with Gasteiger partial charge in [0.2, 0.25) is 10.0 Å². The van der Waals surface area contributed by atoms with E-state index in [9.17, 15) is 8.42 Å². The Morgan fingerprint density at radius 2 is 2.20 bits per heavy atom. The zero-order valence-corrected chi connectivity index (χ0v) is 14.9. The molecule has 1 saturated heterocycles. The Labute approximate surface area is 139 Å². The first kappa shape index (κ1) is 18.2. The highest BCUT2D eigenvalue weighted by Gasteiger charge is 2.35. The monoisotopic (exact) mass is 402 g/mol. The number of sulfonamides is 1. The number of nitrogens with zero attached hydrogens (tertiary/aromatic N) is 1. The van der Waals surface area contributed by atoms with Gasteiger partial charge < -0.3 is 5.32 Å². The van der Waals surface area contributed by atoms with Crippen molar-refractivity contribution in [3.8, 4) is 0 Å². The fraction of sp³-hybridized carbons (Fsp3) is 0.500. The van der Waals surface area contributed by atoms with Crippen LogP contribution in [0.2, 0.25) is 5.02 Å². The SMILES string of the molecule is CNCC1CCCN1S(=O)(=O)c1ccc(Br)cc1Cl.Cl. The third-order valence-electron chi connectivity index (χ3n) is 3.24. The molecule has 1 heterocycles. The predicted molar refractivity (Wildman–Crippen MR) is 87.2 cm³/mol. The molecule has 1 N–H and O–H groups in total. The van der Waals surface area contributed by atoms with E-state index < -0.39 is 10.0 Å². The Morgan fingerprint density at radius 3 is 2.80 bits per heavy atom. The average molecular weight is 404 g/mol. The molecular formula is C12H17BrCl2N2O2S. The van der Waals surface area contributed by atoms with Gasteiger partial charge in [0.15, 0.2) is 0 Å². The summed E-state index contributed by atoms with van der Waals surface area (Å²) in [6.07, 6.45) is 1.77. The Kier molecular flexibility index (Phi) is 6.76. The second-order valence-corrected chi connectivity index (χ2v) is 7.73. The van der Waals surface area contributed by atoms with E-state index in [-0.39, 0.29) is 28.4 Å². The molecule has 114 valence electrons. The van der Waals surface area contributed by atoms with Gasteiger partial charge in [-0.05, 0) is 38.1 Å². The van der Waals surface area contributed by atoms with Crippen molar-refractivity contribution >= 4 is 50.0 Å². The summed E-state index contributed by atoms with van der Waals surface area (Å²) in [6.45, 7) is 1.22. The van der Waals surface area contributed by atoms with Crippen molar-refractivity contribution in [3.05, 3.63) is 27.7 Å². The lowest BCUT2D eigenvalue weighted by molar-refractivity contribution is 0.379. The van der Waals surface area contributed by atoms with Gasteiger partial charge in [-0.3, -0.25) is 0 Å². The summed E-state index contributed by atoms with van der Waals surface area (Å²) in [5, 5.41) is 3.29. The second-order valence-electron chi connectivity index (χ2n) is 4.54. The van der Waals surface area contributed by atoms with Crippen LogP contribution in [0.5, 0.6) is 0 Å². The molecule has 0 aliphatic carbocycles. The zero-order valence-electron chi connectivity index (χ0n) is 11.0. The van der Waals surface area contributed by atoms with Crippen LogP contribution in [0.3, 0.4) is 0 Å². The Bertz CT molecular complexity index is 569. The molecule has 8 heteroatoms. The van der Waals surface area contributed by atoms with E-state index in [1.807, 2.05) is 7.05 Å². The van der Waals surface area contributed by atoms with Crippen LogP contribution in [0.1, 0.15) is 12.8 Å². The molecular weight excluding hydrogens is 387 g/mol. The number of hydrogen-bond donors (Lipinski definition) is 1. The van der Waals surface area contributed by atoms with Crippen LogP contribution in [0.4, 0.5) is 0 Å². The van der Waals surface area contributed by atoms with Gasteiger partial charge in [0.25, 0.3) is 0 Å². The van der Waals surface area contributed by atoms with Crippen LogP contribution in [0, 0.1) is 0 Å². The minimum atomic E-state index is -3.52. The van der Waals surface area contributed by atoms with Crippen LogP contribution in [0.15, 0.2) is 27.6 Å². The third kappa shape index (κ3) is 3.67. The lowest BCUT2D eigenvalue weighted by Gasteiger charge is -2.24. The van der Waals surface area contributed by atoms with Crippen molar-refractivity contribution in [1.29, 1.82) is 0 Å². The van der Waals surface area contributed by atoms with Gasteiger partial charge in [-0.1, -0.05) is 27.5 Å². The third-order valence-corrected chi connectivity index (χ3v) is 6.17. The first-order chi connectivity index (χ1) is 8.96. The normalized spacial score (nSPS) is 19.9. The van der Waals surface area contributed by atoms with Crippen molar-refractivity contribution in [2.75, 3.05) is 20.1 Å². The number of benzene rings is 1. The molecule has 1 atom stereocenters. The first-order valence-corrected chi connectivity index (χ1v) is 8.69. The molecule has 1 aromatic rings. The lowest BCUT2D eigenvalue weighted by Crippen LogP contribution is -2.40. The van der Waals surface area contributed by atoms with E-state index in [0.29, 0.717) is 13.1 Å². The maximum atomic E-state index is 12.7. The Hall–Kier alpha value is 0.150. The molecule has 1 aliphatic rings. The van der Waals surface area contributed by atoms with Gasteiger partial charge in [-0.2, -0.15) is 4.31 Å². The predicted octanol–water partition coefficient (Wildman–Crippen LogP) is 2.90. The molecule has 0 aromatic heterocycles. The molecule has 1 fully saturated rings.